The molecule has 0 N–H and O–H groups in total. The molecule has 4 nitrogen and oxygen atoms in total. The smallest absolute Gasteiger partial charge is 0.340 e. The minimum absolute atomic E-state index is 0.398. The molecule has 2 aromatic rings. The molecule has 0 aliphatic carbocycles. The van der Waals surface area contributed by atoms with Gasteiger partial charge in [-0.1, -0.05) is 23.3 Å². The maximum atomic E-state index is 11.6. The van der Waals surface area contributed by atoms with E-state index in [1.54, 1.807) is 18.3 Å². The first-order valence-corrected chi connectivity index (χ1v) is 6.07. The van der Waals surface area contributed by atoms with Crippen molar-refractivity contribution in [3.8, 4) is 0 Å². The van der Waals surface area contributed by atoms with E-state index < -0.39 is 5.97 Å². The number of rotatable bonds is 2. The molecular weight excluding hydrogens is 235 g/mol. The highest BCUT2D eigenvalue weighted by Crippen LogP contribution is 2.18. The number of ether oxygens (including phenoxy) is 1. The molecule has 17 heavy (non-hydrogen) atoms. The molecule has 0 unspecified atom stereocenters. The van der Waals surface area contributed by atoms with Crippen LogP contribution in [0.25, 0.3) is 10.9 Å². The highest BCUT2D eigenvalue weighted by Gasteiger charge is 2.13. The first kappa shape index (κ1) is 11.9. The van der Waals surface area contributed by atoms with Crippen LogP contribution in [0.2, 0.25) is 0 Å². The summed E-state index contributed by atoms with van der Waals surface area (Å²) in [5.41, 5.74) is 1.46. The molecular formula is C11H9BN2O2S. The summed E-state index contributed by atoms with van der Waals surface area (Å²) in [4.78, 5) is 20.0. The number of hydrogen-bond acceptors (Lipinski definition) is 5. The number of nitrogens with zero attached hydrogens (tertiary/aromatic N) is 2. The van der Waals surface area contributed by atoms with E-state index in [9.17, 15) is 4.79 Å². The van der Waals surface area contributed by atoms with Crippen LogP contribution < -0.4 is 5.46 Å². The second kappa shape index (κ2) is 4.75. The summed E-state index contributed by atoms with van der Waals surface area (Å²) in [6.07, 6.45) is 3.49. The lowest BCUT2D eigenvalue weighted by Crippen LogP contribution is -2.11. The van der Waals surface area contributed by atoms with E-state index in [1.807, 2.05) is 6.26 Å². The van der Waals surface area contributed by atoms with Crippen LogP contribution in [0, 0.1) is 0 Å². The van der Waals surface area contributed by atoms with Crippen LogP contribution in [-0.4, -0.2) is 37.1 Å². The maximum absolute atomic E-state index is 11.6. The monoisotopic (exact) mass is 244 g/mol. The molecule has 0 atom stereocenters. The van der Waals surface area contributed by atoms with Crippen molar-refractivity contribution < 1.29 is 9.53 Å². The number of hydrogen-bond donors (Lipinski definition) is 0. The minimum Gasteiger partial charge on any atom is -0.465 e. The van der Waals surface area contributed by atoms with Crippen molar-refractivity contribution in [3.63, 3.8) is 0 Å². The first-order valence-electron chi connectivity index (χ1n) is 4.85. The van der Waals surface area contributed by atoms with Crippen LogP contribution in [0.4, 0.5) is 0 Å². The van der Waals surface area contributed by atoms with Crippen molar-refractivity contribution in [2.45, 2.75) is 5.16 Å². The third-order valence-electron chi connectivity index (χ3n) is 2.35. The Hall–Kier alpha value is -1.56. The van der Waals surface area contributed by atoms with Gasteiger partial charge < -0.3 is 4.74 Å². The zero-order valence-electron chi connectivity index (χ0n) is 9.43. The first-order chi connectivity index (χ1) is 8.17. The quantitative estimate of drug-likeness (QED) is 0.340. The van der Waals surface area contributed by atoms with Gasteiger partial charge in [-0.2, -0.15) is 0 Å². The lowest BCUT2D eigenvalue weighted by Gasteiger charge is -2.07. The second-order valence-corrected chi connectivity index (χ2v) is 4.09. The Balaban J connectivity index is 2.76. The van der Waals surface area contributed by atoms with E-state index in [0.29, 0.717) is 27.1 Å². The molecule has 1 aromatic carbocycles. The van der Waals surface area contributed by atoms with Crippen LogP contribution in [0.15, 0.2) is 23.5 Å². The number of benzene rings is 1. The van der Waals surface area contributed by atoms with Gasteiger partial charge in [0.05, 0.1) is 18.2 Å². The minimum atomic E-state index is -0.430. The Bertz CT molecular complexity index is 589. The van der Waals surface area contributed by atoms with Crippen LogP contribution in [0.3, 0.4) is 0 Å². The Morgan fingerprint density at radius 2 is 2.24 bits per heavy atom. The van der Waals surface area contributed by atoms with Gasteiger partial charge in [0.25, 0.3) is 0 Å². The Kier molecular flexibility index (Phi) is 3.33. The summed E-state index contributed by atoms with van der Waals surface area (Å²) in [6.45, 7) is 0. The molecule has 0 spiro atoms. The standard InChI is InChI=1S/C11H9BN2O2S/c1-16-10(15)6-3-4-8(12)7-5-13-11(17-2)14-9(6)7/h3-5H,1-2H3. The van der Waals surface area contributed by atoms with E-state index in [1.165, 1.54) is 18.9 Å². The average molecular weight is 244 g/mol. The number of esters is 1. The predicted molar refractivity (Wildman–Crippen MR) is 68.0 cm³/mol. The van der Waals surface area contributed by atoms with Gasteiger partial charge >= 0.3 is 5.97 Å². The third-order valence-corrected chi connectivity index (χ3v) is 2.91. The zero-order chi connectivity index (χ0) is 12.4. The van der Waals surface area contributed by atoms with Crippen molar-refractivity contribution in [3.05, 3.63) is 23.9 Å². The van der Waals surface area contributed by atoms with Crippen molar-refractivity contribution in [1.29, 1.82) is 0 Å². The number of aromatic nitrogens is 2. The van der Waals surface area contributed by atoms with E-state index in [4.69, 9.17) is 12.6 Å². The van der Waals surface area contributed by atoms with E-state index >= 15 is 0 Å². The molecule has 0 bridgehead atoms. The molecule has 0 amide bonds. The Labute approximate surface area is 104 Å². The lowest BCUT2D eigenvalue weighted by atomic mass is 9.91. The number of fused-ring (bicyclic) bond motifs is 1. The molecule has 84 valence electrons. The summed E-state index contributed by atoms with van der Waals surface area (Å²) in [5, 5.41) is 1.25. The normalized spacial score (nSPS) is 10.5. The average Bonchev–Trinajstić information content (AvgIpc) is 2.38. The zero-order valence-corrected chi connectivity index (χ0v) is 10.2. The number of carbonyl (C=O) groups excluding carboxylic acids is 1. The molecule has 2 rings (SSSR count). The van der Waals surface area contributed by atoms with Crippen molar-refractivity contribution >= 4 is 41.9 Å². The maximum Gasteiger partial charge on any atom is 0.340 e. The fraction of sp³-hybridized carbons (Fsp3) is 0.182. The van der Waals surface area contributed by atoms with E-state index in [0.717, 1.165) is 0 Å². The summed E-state index contributed by atoms with van der Waals surface area (Å²) in [5.74, 6) is -0.430. The summed E-state index contributed by atoms with van der Waals surface area (Å²) >= 11 is 1.40. The molecule has 1 heterocycles. The third kappa shape index (κ3) is 2.13. The van der Waals surface area contributed by atoms with E-state index in [2.05, 4.69) is 9.97 Å². The number of thioether (sulfide) groups is 1. The van der Waals surface area contributed by atoms with Crippen LogP contribution in [0.5, 0.6) is 0 Å². The largest absolute Gasteiger partial charge is 0.465 e. The van der Waals surface area contributed by atoms with Gasteiger partial charge in [0.2, 0.25) is 0 Å². The van der Waals surface area contributed by atoms with Crippen LogP contribution in [-0.2, 0) is 4.74 Å². The highest BCUT2D eigenvalue weighted by molar-refractivity contribution is 7.98. The molecule has 0 fully saturated rings. The molecule has 0 aliphatic heterocycles. The fourth-order valence-corrected chi connectivity index (χ4v) is 1.84. The summed E-state index contributed by atoms with van der Waals surface area (Å²) < 4.78 is 4.71. The van der Waals surface area contributed by atoms with E-state index in [-0.39, 0.29) is 0 Å². The molecule has 2 radical (unpaired) electrons. The van der Waals surface area contributed by atoms with Crippen molar-refractivity contribution in [2.75, 3.05) is 13.4 Å². The molecule has 0 saturated heterocycles. The van der Waals surface area contributed by atoms with Gasteiger partial charge in [-0.25, -0.2) is 14.8 Å². The van der Waals surface area contributed by atoms with Crippen molar-refractivity contribution in [1.82, 2.24) is 9.97 Å². The van der Waals surface area contributed by atoms with Gasteiger partial charge in [-0.05, 0) is 12.3 Å². The predicted octanol–water partition coefficient (Wildman–Crippen LogP) is 0.932. The van der Waals surface area contributed by atoms with Crippen LogP contribution >= 0.6 is 11.8 Å². The van der Waals surface area contributed by atoms with Crippen molar-refractivity contribution in [2.24, 2.45) is 0 Å². The second-order valence-electron chi connectivity index (χ2n) is 3.31. The van der Waals surface area contributed by atoms with Gasteiger partial charge in [0.15, 0.2) is 5.16 Å². The van der Waals surface area contributed by atoms with Gasteiger partial charge in [0.1, 0.15) is 7.85 Å². The van der Waals surface area contributed by atoms with Gasteiger partial charge in [-0.15, -0.1) is 0 Å². The summed E-state index contributed by atoms with van der Waals surface area (Å²) in [7, 11) is 7.15. The Morgan fingerprint density at radius 3 is 2.88 bits per heavy atom. The molecule has 0 saturated carbocycles. The fourth-order valence-electron chi connectivity index (χ4n) is 1.50. The topological polar surface area (TPSA) is 52.1 Å². The van der Waals surface area contributed by atoms with Gasteiger partial charge in [0, 0.05) is 11.6 Å². The highest BCUT2D eigenvalue weighted by atomic mass is 32.2. The molecule has 0 aliphatic rings. The SMILES string of the molecule is [B]c1ccc(C(=O)OC)c2nc(SC)ncc12. The molecule has 6 heteroatoms. The Morgan fingerprint density at radius 1 is 1.47 bits per heavy atom. The number of carbonyl (C=O) groups is 1. The van der Waals surface area contributed by atoms with Crippen LogP contribution in [0.1, 0.15) is 10.4 Å². The lowest BCUT2D eigenvalue weighted by molar-refractivity contribution is 0.0603. The van der Waals surface area contributed by atoms with Gasteiger partial charge in [-0.3, -0.25) is 0 Å². The molecule has 1 aromatic heterocycles. The summed E-state index contributed by atoms with van der Waals surface area (Å²) in [6, 6.07) is 3.26. The number of methoxy groups -OCH3 is 1.